The van der Waals surface area contributed by atoms with E-state index in [1.54, 1.807) is 18.1 Å². The standard InChI is InChI=1S/C19H15N3O/c1-22(14-7-3-2-4-8-14)19(23)13-11-16-15-9-5-6-10-17(15)21-18(16)20-12-13/h2-12H,1H3,(H,20,21). The third kappa shape index (κ3) is 2.25. The molecule has 2 heterocycles. The summed E-state index contributed by atoms with van der Waals surface area (Å²) in [4.78, 5) is 22.0. The molecule has 4 rings (SSSR count). The molecule has 0 radical (unpaired) electrons. The molecule has 0 fully saturated rings. The van der Waals surface area contributed by atoms with Gasteiger partial charge in [0.05, 0.1) is 5.56 Å². The average Bonchev–Trinajstić information content (AvgIpc) is 2.99. The lowest BCUT2D eigenvalue weighted by atomic mass is 10.1. The van der Waals surface area contributed by atoms with Gasteiger partial charge in [-0.15, -0.1) is 0 Å². The van der Waals surface area contributed by atoms with E-state index < -0.39 is 0 Å². The second-order valence-corrected chi connectivity index (χ2v) is 5.49. The summed E-state index contributed by atoms with van der Waals surface area (Å²) >= 11 is 0. The fraction of sp³-hybridized carbons (Fsp3) is 0.0526. The van der Waals surface area contributed by atoms with Crippen molar-refractivity contribution < 1.29 is 4.79 Å². The van der Waals surface area contributed by atoms with E-state index in [0.717, 1.165) is 27.6 Å². The summed E-state index contributed by atoms with van der Waals surface area (Å²) in [5.41, 5.74) is 3.26. The van der Waals surface area contributed by atoms with Gasteiger partial charge in [0.15, 0.2) is 0 Å². The van der Waals surface area contributed by atoms with Crippen molar-refractivity contribution >= 4 is 33.5 Å². The van der Waals surface area contributed by atoms with Crippen molar-refractivity contribution in [1.82, 2.24) is 9.97 Å². The molecule has 0 aliphatic carbocycles. The zero-order valence-corrected chi connectivity index (χ0v) is 12.7. The molecular weight excluding hydrogens is 286 g/mol. The summed E-state index contributed by atoms with van der Waals surface area (Å²) in [5.74, 6) is -0.0733. The van der Waals surface area contributed by atoms with Crippen LogP contribution in [0.1, 0.15) is 10.4 Å². The van der Waals surface area contributed by atoms with Crippen LogP contribution in [0.3, 0.4) is 0 Å². The third-order valence-electron chi connectivity index (χ3n) is 4.05. The largest absolute Gasteiger partial charge is 0.339 e. The van der Waals surface area contributed by atoms with Crippen LogP contribution >= 0.6 is 0 Å². The van der Waals surface area contributed by atoms with Gasteiger partial charge in [-0.25, -0.2) is 4.98 Å². The van der Waals surface area contributed by atoms with E-state index >= 15 is 0 Å². The number of aromatic nitrogens is 2. The third-order valence-corrected chi connectivity index (χ3v) is 4.05. The predicted octanol–water partition coefficient (Wildman–Crippen LogP) is 3.99. The number of para-hydroxylation sites is 2. The highest BCUT2D eigenvalue weighted by molar-refractivity contribution is 6.11. The van der Waals surface area contributed by atoms with Gasteiger partial charge in [-0.2, -0.15) is 0 Å². The molecule has 0 bridgehead atoms. The molecule has 2 aromatic carbocycles. The average molecular weight is 301 g/mol. The Bertz CT molecular complexity index is 1000. The normalized spacial score (nSPS) is 11.0. The van der Waals surface area contributed by atoms with Gasteiger partial charge in [0.2, 0.25) is 0 Å². The molecule has 2 aromatic heterocycles. The summed E-state index contributed by atoms with van der Waals surface area (Å²) in [7, 11) is 1.77. The van der Waals surface area contributed by atoms with E-state index in [2.05, 4.69) is 9.97 Å². The highest BCUT2D eigenvalue weighted by Crippen LogP contribution is 2.25. The number of benzene rings is 2. The first-order valence-corrected chi connectivity index (χ1v) is 7.43. The van der Waals surface area contributed by atoms with Crippen LogP contribution in [0.5, 0.6) is 0 Å². The summed E-state index contributed by atoms with van der Waals surface area (Å²) in [5, 5.41) is 2.04. The number of nitrogens with zero attached hydrogens (tertiary/aromatic N) is 2. The Kier molecular flexibility index (Phi) is 3.08. The van der Waals surface area contributed by atoms with Gasteiger partial charge in [-0.3, -0.25) is 4.79 Å². The highest BCUT2D eigenvalue weighted by Gasteiger charge is 2.15. The molecule has 0 aliphatic rings. The molecule has 1 amide bonds. The number of aromatic amines is 1. The predicted molar refractivity (Wildman–Crippen MR) is 92.8 cm³/mol. The Morgan fingerprint density at radius 2 is 1.74 bits per heavy atom. The molecule has 1 N–H and O–H groups in total. The van der Waals surface area contributed by atoms with Crippen LogP contribution < -0.4 is 4.90 Å². The molecule has 4 heteroatoms. The maximum absolute atomic E-state index is 12.7. The van der Waals surface area contributed by atoms with Gasteiger partial charge in [-0.05, 0) is 24.3 Å². The van der Waals surface area contributed by atoms with Crippen molar-refractivity contribution in [3.8, 4) is 0 Å². The van der Waals surface area contributed by atoms with Gasteiger partial charge in [0, 0.05) is 35.2 Å². The number of rotatable bonds is 2. The minimum Gasteiger partial charge on any atom is -0.339 e. The smallest absolute Gasteiger partial charge is 0.259 e. The number of anilines is 1. The number of hydrogen-bond donors (Lipinski definition) is 1. The number of H-pyrrole nitrogens is 1. The lowest BCUT2D eigenvalue weighted by molar-refractivity contribution is 0.0993. The quantitative estimate of drug-likeness (QED) is 0.608. The number of nitrogens with one attached hydrogen (secondary N) is 1. The van der Waals surface area contributed by atoms with Crippen LogP contribution in [0.2, 0.25) is 0 Å². The molecule has 23 heavy (non-hydrogen) atoms. The Hall–Kier alpha value is -3.14. The molecule has 0 unspecified atom stereocenters. The topological polar surface area (TPSA) is 49.0 Å². The number of fused-ring (bicyclic) bond motifs is 3. The second-order valence-electron chi connectivity index (χ2n) is 5.49. The minimum atomic E-state index is -0.0733. The first kappa shape index (κ1) is 13.5. The summed E-state index contributed by atoms with van der Waals surface area (Å²) in [6, 6.07) is 19.5. The van der Waals surface area contributed by atoms with E-state index in [0.29, 0.717) is 5.56 Å². The first-order chi connectivity index (χ1) is 11.2. The Morgan fingerprint density at radius 3 is 2.57 bits per heavy atom. The number of carbonyl (C=O) groups excluding carboxylic acids is 1. The van der Waals surface area contributed by atoms with Crippen LogP contribution in [0, 0.1) is 0 Å². The number of pyridine rings is 1. The van der Waals surface area contributed by atoms with Crippen LogP contribution in [0.15, 0.2) is 66.9 Å². The molecule has 4 nitrogen and oxygen atoms in total. The monoisotopic (exact) mass is 301 g/mol. The first-order valence-electron chi connectivity index (χ1n) is 7.43. The van der Waals surface area contributed by atoms with E-state index in [1.165, 1.54) is 0 Å². The summed E-state index contributed by atoms with van der Waals surface area (Å²) < 4.78 is 0. The fourth-order valence-corrected chi connectivity index (χ4v) is 2.80. The highest BCUT2D eigenvalue weighted by atomic mass is 16.2. The van der Waals surface area contributed by atoms with Gasteiger partial charge < -0.3 is 9.88 Å². The summed E-state index contributed by atoms with van der Waals surface area (Å²) in [6.45, 7) is 0. The van der Waals surface area contributed by atoms with Gasteiger partial charge >= 0.3 is 0 Å². The van der Waals surface area contributed by atoms with E-state index in [4.69, 9.17) is 0 Å². The van der Waals surface area contributed by atoms with E-state index in [-0.39, 0.29) is 5.91 Å². The Morgan fingerprint density at radius 1 is 1.00 bits per heavy atom. The molecule has 0 aliphatic heterocycles. The second kappa shape index (κ2) is 5.25. The Labute approximate surface area is 133 Å². The van der Waals surface area contributed by atoms with Gasteiger partial charge in [0.25, 0.3) is 5.91 Å². The molecule has 0 spiro atoms. The Balaban J connectivity index is 1.79. The molecule has 0 saturated carbocycles. The van der Waals surface area contributed by atoms with Crippen molar-refractivity contribution in [3.63, 3.8) is 0 Å². The molecule has 4 aromatic rings. The van der Waals surface area contributed by atoms with Crippen molar-refractivity contribution in [2.75, 3.05) is 11.9 Å². The summed E-state index contributed by atoms with van der Waals surface area (Å²) in [6.07, 6.45) is 1.62. The van der Waals surface area contributed by atoms with E-state index in [1.807, 2.05) is 60.7 Å². The molecular formula is C19H15N3O. The lowest BCUT2D eigenvalue weighted by Crippen LogP contribution is -2.26. The fourth-order valence-electron chi connectivity index (χ4n) is 2.80. The zero-order valence-electron chi connectivity index (χ0n) is 12.7. The zero-order chi connectivity index (χ0) is 15.8. The van der Waals surface area contributed by atoms with E-state index in [9.17, 15) is 4.79 Å². The van der Waals surface area contributed by atoms with Crippen molar-refractivity contribution in [2.24, 2.45) is 0 Å². The number of hydrogen-bond acceptors (Lipinski definition) is 2. The van der Waals surface area contributed by atoms with Crippen LogP contribution in [-0.2, 0) is 0 Å². The molecule has 112 valence electrons. The minimum absolute atomic E-state index is 0.0733. The lowest BCUT2D eigenvalue weighted by Gasteiger charge is -2.17. The maximum atomic E-state index is 12.7. The van der Waals surface area contributed by atoms with Gasteiger partial charge in [0.1, 0.15) is 5.65 Å². The molecule has 0 atom stereocenters. The van der Waals surface area contributed by atoms with Crippen molar-refractivity contribution in [1.29, 1.82) is 0 Å². The SMILES string of the molecule is CN(C(=O)c1cnc2[nH]c3ccccc3c2c1)c1ccccc1. The van der Waals surface area contributed by atoms with Gasteiger partial charge in [-0.1, -0.05) is 36.4 Å². The van der Waals surface area contributed by atoms with Crippen molar-refractivity contribution in [3.05, 3.63) is 72.4 Å². The molecule has 0 saturated heterocycles. The number of carbonyl (C=O) groups is 1. The van der Waals surface area contributed by atoms with Crippen LogP contribution in [-0.4, -0.2) is 22.9 Å². The van der Waals surface area contributed by atoms with Crippen molar-refractivity contribution in [2.45, 2.75) is 0 Å². The van der Waals surface area contributed by atoms with Crippen LogP contribution in [0.25, 0.3) is 21.9 Å². The maximum Gasteiger partial charge on any atom is 0.259 e. The van der Waals surface area contributed by atoms with Crippen LogP contribution in [0.4, 0.5) is 5.69 Å². The number of amides is 1.